The molecular formula is C21H13ClF5N3O3. The van der Waals surface area contributed by atoms with E-state index in [1.807, 2.05) is 0 Å². The first-order valence-corrected chi connectivity index (χ1v) is 9.72. The van der Waals surface area contributed by atoms with Crippen molar-refractivity contribution in [1.29, 1.82) is 0 Å². The van der Waals surface area contributed by atoms with E-state index in [9.17, 15) is 31.5 Å². The number of halogens is 6. The van der Waals surface area contributed by atoms with Gasteiger partial charge in [-0.3, -0.25) is 9.59 Å². The molecule has 6 nitrogen and oxygen atoms in total. The maximum absolute atomic E-state index is 13.0. The van der Waals surface area contributed by atoms with E-state index in [1.165, 1.54) is 30.3 Å². The largest absolute Gasteiger partial charge is 0.435 e. The number of benzene rings is 2. The first kappa shape index (κ1) is 22.7. The van der Waals surface area contributed by atoms with Crippen LogP contribution in [-0.2, 0) is 12.7 Å². The Labute approximate surface area is 188 Å². The molecule has 0 saturated carbocycles. The third-order valence-corrected chi connectivity index (χ3v) is 5.26. The summed E-state index contributed by atoms with van der Waals surface area (Å²) in [6.45, 7) is -2.08. The van der Waals surface area contributed by atoms with Crippen LogP contribution in [0.3, 0.4) is 0 Å². The fourth-order valence-corrected chi connectivity index (χ4v) is 3.80. The van der Waals surface area contributed by atoms with E-state index >= 15 is 0 Å². The van der Waals surface area contributed by atoms with Crippen molar-refractivity contribution in [2.45, 2.75) is 26.3 Å². The summed E-state index contributed by atoms with van der Waals surface area (Å²) >= 11 is 6.07. The second-order valence-corrected chi connectivity index (χ2v) is 7.54. The summed E-state index contributed by atoms with van der Waals surface area (Å²) in [5.74, 6) is -1.93. The first-order valence-electron chi connectivity index (χ1n) is 9.34. The van der Waals surface area contributed by atoms with Crippen molar-refractivity contribution in [2.75, 3.05) is 4.90 Å². The molecule has 0 N–H and O–H groups in total. The minimum atomic E-state index is -4.85. The maximum atomic E-state index is 13.0. The summed E-state index contributed by atoms with van der Waals surface area (Å²) in [7, 11) is 0. The van der Waals surface area contributed by atoms with Gasteiger partial charge in [-0.1, -0.05) is 29.8 Å². The van der Waals surface area contributed by atoms with Crippen LogP contribution in [0.15, 0.2) is 42.5 Å². The molecule has 2 aromatic carbocycles. The number of rotatable bonds is 5. The predicted molar refractivity (Wildman–Crippen MR) is 107 cm³/mol. The zero-order chi connectivity index (χ0) is 24.1. The van der Waals surface area contributed by atoms with Gasteiger partial charge >= 0.3 is 12.8 Å². The minimum absolute atomic E-state index is 0.0812. The van der Waals surface area contributed by atoms with Gasteiger partial charge in [-0.15, -0.1) is 0 Å². The maximum Gasteiger partial charge on any atom is 0.435 e. The van der Waals surface area contributed by atoms with Crippen molar-refractivity contribution in [3.05, 3.63) is 75.4 Å². The summed E-state index contributed by atoms with van der Waals surface area (Å²) in [4.78, 5) is 26.5. The van der Waals surface area contributed by atoms with Crippen molar-refractivity contribution < 1.29 is 36.3 Å². The zero-order valence-corrected chi connectivity index (χ0v) is 17.4. The van der Waals surface area contributed by atoms with Crippen molar-refractivity contribution in [2.24, 2.45) is 0 Å². The Bertz CT molecular complexity index is 1270. The molecule has 1 aliphatic heterocycles. The van der Waals surface area contributed by atoms with Crippen LogP contribution in [0.25, 0.3) is 0 Å². The highest BCUT2D eigenvalue weighted by atomic mass is 35.5. The van der Waals surface area contributed by atoms with E-state index in [0.29, 0.717) is 21.9 Å². The smallest absolute Gasteiger partial charge is 0.417 e. The van der Waals surface area contributed by atoms with Gasteiger partial charge in [-0.25, -0.2) is 9.58 Å². The molecule has 0 fully saturated rings. The number of nitrogens with zero attached hydrogens (tertiary/aromatic N) is 3. The normalized spacial score (nSPS) is 13.8. The zero-order valence-electron chi connectivity index (χ0n) is 16.7. The number of fused-ring (bicyclic) bond motifs is 1. The minimum Gasteiger partial charge on any atom is -0.417 e. The topological polar surface area (TPSA) is 64.4 Å². The first-order chi connectivity index (χ1) is 15.5. The SMILES string of the molecule is Cc1cc(Cn2nc(C(F)(F)F)cc2OC(F)F)ccc1N1C(=O)c2cccc(Cl)c2C1=O. The number of carbonyl (C=O) groups is 2. The monoisotopic (exact) mass is 485 g/mol. The highest BCUT2D eigenvalue weighted by molar-refractivity contribution is 6.42. The molecule has 0 bridgehead atoms. The lowest BCUT2D eigenvalue weighted by Crippen LogP contribution is -2.30. The molecule has 4 rings (SSSR count). The lowest BCUT2D eigenvalue weighted by atomic mass is 10.1. The number of anilines is 1. The van der Waals surface area contributed by atoms with Crippen LogP contribution in [0.5, 0.6) is 5.88 Å². The number of aromatic nitrogens is 2. The molecule has 3 aromatic rings. The van der Waals surface area contributed by atoms with Gasteiger partial charge in [0.15, 0.2) is 5.69 Å². The summed E-state index contributed by atoms with van der Waals surface area (Å²) in [6.07, 6.45) is -4.85. The van der Waals surface area contributed by atoms with Gasteiger partial charge < -0.3 is 4.74 Å². The molecule has 2 heterocycles. The third kappa shape index (κ3) is 4.15. The fourth-order valence-electron chi connectivity index (χ4n) is 3.54. The number of hydrogen-bond donors (Lipinski definition) is 0. The van der Waals surface area contributed by atoms with Gasteiger partial charge in [-0.05, 0) is 36.2 Å². The molecule has 0 aliphatic carbocycles. The lowest BCUT2D eigenvalue weighted by Gasteiger charge is -2.18. The predicted octanol–water partition coefficient (Wildman–Crippen LogP) is 5.31. The Morgan fingerprint density at radius 3 is 2.42 bits per heavy atom. The van der Waals surface area contributed by atoms with E-state index in [0.717, 1.165) is 4.90 Å². The van der Waals surface area contributed by atoms with Gasteiger partial charge in [0.1, 0.15) is 0 Å². The Hall–Kier alpha value is -3.47. The summed E-state index contributed by atoms with van der Waals surface area (Å²) in [5, 5.41) is 3.45. The van der Waals surface area contributed by atoms with Gasteiger partial charge in [0.2, 0.25) is 5.88 Å². The summed E-state index contributed by atoms with van der Waals surface area (Å²) in [6, 6.07) is 9.27. The van der Waals surface area contributed by atoms with Gasteiger partial charge in [-0.2, -0.15) is 27.1 Å². The second-order valence-electron chi connectivity index (χ2n) is 7.13. The molecule has 0 atom stereocenters. The highest BCUT2D eigenvalue weighted by Gasteiger charge is 2.39. The number of alkyl halides is 5. The lowest BCUT2D eigenvalue weighted by molar-refractivity contribution is -0.141. The molecule has 0 saturated heterocycles. The van der Waals surface area contributed by atoms with Crippen molar-refractivity contribution in [3.63, 3.8) is 0 Å². The molecule has 172 valence electrons. The molecular weight excluding hydrogens is 473 g/mol. The molecule has 12 heteroatoms. The van der Waals surface area contributed by atoms with E-state index in [1.54, 1.807) is 13.0 Å². The number of ether oxygens (including phenoxy) is 1. The third-order valence-electron chi connectivity index (χ3n) is 4.94. The standard InChI is InChI=1S/C21H13ClF5N3O3/c1-10-7-11(9-29-16(33-20(23)24)8-15(28-29)21(25,26)27)5-6-14(10)30-18(31)12-3-2-4-13(22)17(12)19(30)32/h2-8,20H,9H2,1H3. The Balaban J connectivity index is 1.65. The van der Waals surface area contributed by atoms with Crippen molar-refractivity contribution in [3.8, 4) is 5.88 Å². The Morgan fingerprint density at radius 2 is 1.82 bits per heavy atom. The van der Waals surface area contributed by atoms with Crippen LogP contribution in [0, 0.1) is 6.92 Å². The highest BCUT2D eigenvalue weighted by Crippen LogP contribution is 2.35. The van der Waals surface area contributed by atoms with Crippen LogP contribution >= 0.6 is 11.6 Å². The fraction of sp³-hybridized carbons (Fsp3) is 0.190. The molecule has 1 aliphatic rings. The van der Waals surface area contributed by atoms with Gasteiger partial charge in [0.05, 0.1) is 28.4 Å². The Morgan fingerprint density at radius 1 is 1.09 bits per heavy atom. The van der Waals surface area contributed by atoms with Gasteiger partial charge in [0.25, 0.3) is 11.8 Å². The van der Waals surface area contributed by atoms with Crippen LogP contribution in [0.1, 0.15) is 37.5 Å². The molecule has 1 aromatic heterocycles. The molecule has 0 unspecified atom stereocenters. The van der Waals surface area contributed by atoms with Crippen LogP contribution in [0.4, 0.5) is 27.6 Å². The van der Waals surface area contributed by atoms with Gasteiger partial charge in [0, 0.05) is 6.07 Å². The van der Waals surface area contributed by atoms with Crippen LogP contribution in [-0.4, -0.2) is 28.2 Å². The van der Waals surface area contributed by atoms with E-state index in [-0.39, 0.29) is 28.4 Å². The second kappa shape index (κ2) is 8.14. The van der Waals surface area contributed by atoms with Crippen LogP contribution < -0.4 is 9.64 Å². The van der Waals surface area contributed by atoms with E-state index in [2.05, 4.69) is 9.84 Å². The van der Waals surface area contributed by atoms with Crippen molar-refractivity contribution >= 4 is 29.1 Å². The average Bonchev–Trinajstić information content (AvgIpc) is 3.22. The van der Waals surface area contributed by atoms with E-state index < -0.39 is 36.2 Å². The summed E-state index contributed by atoms with van der Waals surface area (Å²) < 4.78 is 69.0. The summed E-state index contributed by atoms with van der Waals surface area (Å²) in [5.41, 5.74) is -0.0750. The number of hydrogen-bond acceptors (Lipinski definition) is 4. The number of aryl methyl sites for hydroxylation is 1. The number of amides is 2. The molecule has 33 heavy (non-hydrogen) atoms. The van der Waals surface area contributed by atoms with Crippen molar-refractivity contribution in [1.82, 2.24) is 9.78 Å². The Kier molecular flexibility index (Phi) is 5.61. The van der Waals surface area contributed by atoms with E-state index in [4.69, 9.17) is 11.6 Å². The quantitative estimate of drug-likeness (QED) is 0.363. The average molecular weight is 486 g/mol. The van der Waals surface area contributed by atoms with Crippen LogP contribution in [0.2, 0.25) is 5.02 Å². The molecule has 2 amide bonds. The molecule has 0 radical (unpaired) electrons. The number of imide groups is 1. The molecule has 0 spiro atoms. The number of carbonyl (C=O) groups excluding carboxylic acids is 2.